The summed E-state index contributed by atoms with van der Waals surface area (Å²) in [5.74, 6) is 0.699. The third kappa shape index (κ3) is 3.03. The fraction of sp³-hybridized carbons (Fsp3) is 0.500. The van der Waals surface area contributed by atoms with E-state index in [4.69, 9.17) is 4.74 Å². The zero-order valence-corrected chi connectivity index (χ0v) is 8.50. The van der Waals surface area contributed by atoms with Crippen molar-refractivity contribution in [1.29, 1.82) is 0 Å². The van der Waals surface area contributed by atoms with Crippen LogP contribution in [-0.2, 0) is 6.54 Å². The predicted molar refractivity (Wildman–Crippen MR) is 51.2 cm³/mol. The first-order valence-electron chi connectivity index (χ1n) is 4.45. The van der Waals surface area contributed by atoms with E-state index in [0.717, 1.165) is 5.56 Å². The third-order valence-corrected chi connectivity index (χ3v) is 1.52. The van der Waals surface area contributed by atoms with Crippen molar-refractivity contribution >= 4 is 0 Å². The Morgan fingerprint density at radius 1 is 1.46 bits per heavy atom. The molecule has 0 aliphatic rings. The number of quaternary nitrogens is 1. The average molecular weight is 181 g/mol. The molecule has 0 amide bonds. The molecule has 0 aromatic carbocycles. The van der Waals surface area contributed by atoms with Crippen molar-refractivity contribution < 1.29 is 10.5 Å². The molecule has 1 aromatic rings. The van der Waals surface area contributed by atoms with Crippen molar-refractivity contribution in [2.24, 2.45) is 0 Å². The van der Waals surface area contributed by atoms with E-state index in [1.807, 2.05) is 32.9 Å². The van der Waals surface area contributed by atoms with Gasteiger partial charge in [0.15, 0.2) is 0 Å². The molecule has 1 rings (SSSR count). The third-order valence-electron chi connectivity index (χ3n) is 1.52. The van der Waals surface area contributed by atoms with Gasteiger partial charge in [-0.2, -0.15) is 0 Å². The van der Waals surface area contributed by atoms with E-state index in [0.29, 0.717) is 12.4 Å². The summed E-state index contributed by atoms with van der Waals surface area (Å²) in [7, 11) is 0. The number of pyridine rings is 1. The molecular formula is C10H17N2O+. The van der Waals surface area contributed by atoms with Gasteiger partial charge in [0.25, 0.3) is 0 Å². The van der Waals surface area contributed by atoms with Crippen LogP contribution in [0, 0.1) is 0 Å². The maximum atomic E-state index is 5.67. The van der Waals surface area contributed by atoms with Gasteiger partial charge >= 0.3 is 0 Å². The molecule has 13 heavy (non-hydrogen) atoms. The van der Waals surface area contributed by atoms with Crippen LogP contribution >= 0.6 is 0 Å². The normalized spacial score (nSPS) is 11.4. The molecular weight excluding hydrogens is 164 g/mol. The molecule has 3 heteroatoms. The van der Waals surface area contributed by atoms with Crippen LogP contribution in [0.4, 0.5) is 0 Å². The number of aromatic nitrogens is 1. The van der Waals surface area contributed by atoms with Gasteiger partial charge in [0, 0.05) is 6.20 Å². The van der Waals surface area contributed by atoms with Gasteiger partial charge in [-0.25, -0.2) is 4.98 Å². The summed E-state index contributed by atoms with van der Waals surface area (Å²) in [6.45, 7) is 6.73. The van der Waals surface area contributed by atoms with Crippen LogP contribution in [0.5, 0.6) is 5.88 Å². The topological polar surface area (TPSA) is 49.8 Å². The molecule has 3 N–H and O–H groups in total. The summed E-state index contributed by atoms with van der Waals surface area (Å²) < 4.78 is 5.67. The second-order valence-corrected chi connectivity index (χ2v) is 3.93. The van der Waals surface area contributed by atoms with Crippen molar-refractivity contribution in [3.63, 3.8) is 0 Å². The number of nitrogens with zero attached hydrogens (tertiary/aromatic N) is 1. The quantitative estimate of drug-likeness (QED) is 0.740. The highest BCUT2D eigenvalue weighted by Gasteiger charge is 2.15. The highest BCUT2D eigenvalue weighted by Crippen LogP contribution is 2.18. The molecule has 0 bridgehead atoms. The van der Waals surface area contributed by atoms with Crippen LogP contribution in [0.2, 0.25) is 0 Å². The minimum Gasteiger partial charge on any atom is -0.472 e. The lowest BCUT2D eigenvalue weighted by Crippen LogP contribution is -2.47. The molecule has 72 valence electrons. The van der Waals surface area contributed by atoms with Crippen molar-refractivity contribution in [3.05, 3.63) is 23.9 Å². The number of hydrogen-bond acceptors (Lipinski definition) is 2. The summed E-state index contributed by atoms with van der Waals surface area (Å²) in [6.07, 6.45) is 1.74. The Morgan fingerprint density at radius 2 is 2.15 bits per heavy atom. The summed E-state index contributed by atoms with van der Waals surface area (Å²) >= 11 is 0. The van der Waals surface area contributed by atoms with Crippen LogP contribution < -0.4 is 10.5 Å². The van der Waals surface area contributed by atoms with Gasteiger partial charge in [-0.15, -0.1) is 0 Å². The number of rotatable bonds is 2. The Balaban J connectivity index is 2.87. The first-order valence-corrected chi connectivity index (χ1v) is 4.45. The van der Waals surface area contributed by atoms with E-state index in [1.165, 1.54) is 0 Å². The van der Waals surface area contributed by atoms with E-state index in [9.17, 15) is 0 Å². The standard InChI is InChI=1S/C10H16N2O/c1-10(2,3)13-9-8(7-11)5-4-6-12-9/h4-6H,7,11H2,1-3H3/p+1. The van der Waals surface area contributed by atoms with Crippen LogP contribution in [0.3, 0.4) is 0 Å². The lowest BCUT2D eigenvalue weighted by Gasteiger charge is -2.21. The fourth-order valence-corrected chi connectivity index (χ4v) is 0.996. The molecule has 0 unspecified atom stereocenters. The first-order chi connectivity index (χ1) is 6.03. The van der Waals surface area contributed by atoms with Crippen LogP contribution in [0.15, 0.2) is 18.3 Å². The molecule has 1 heterocycles. The molecule has 0 atom stereocenters. The highest BCUT2D eigenvalue weighted by atomic mass is 16.5. The maximum absolute atomic E-state index is 5.67. The second-order valence-electron chi connectivity index (χ2n) is 3.93. The predicted octanol–water partition coefficient (Wildman–Crippen LogP) is 1.00. The monoisotopic (exact) mass is 181 g/mol. The Bertz CT molecular complexity index is 278. The van der Waals surface area contributed by atoms with Crippen LogP contribution in [0.25, 0.3) is 0 Å². The zero-order valence-electron chi connectivity index (χ0n) is 8.50. The average Bonchev–Trinajstić information content (AvgIpc) is 2.02. The summed E-state index contributed by atoms with van der Waals surface area (Å²) in [5.41, 5.74) is 4.68. The Hall–Kier alpha value is -1.09. The van der Waals surface area contributed by atoms with Gasteiger partial charge in [-0.3, -0.25) is 0 Å². The van der Waals surface area contributed by atoms with Crippen molar-refractivity contribution in [3.8, 4) is 5.88 Å². The lowest BCUT2D eigenvalue weighted by molar-refractivity contribution is -0.386. The minimum absolute atomic E-state index is 0.196. The molecule has 0 fully saturated rings. The van der Waals surface area contributed by atoms with Gasteiger partial charge in [0.1, 0.15) is 12.1 Å². The Morgan fingerprint density at radius 3 is 2.69 bits per heavy atom. The van der Waals surface area contributed by atoms with Crippen molar-refractivity contribution in [1.82, 2.24) is 4.98 Å². The number of ether oxygens (including phenoxy) is 1. The molecule has 0 saturated heterocycles. The van der Waals surface area contributed by atoms with Crippen LogP contribution in [0.1, 0.15) is 26.3 Å². The first kappa shape index (κ1) is 9.99. The molecule has 0 aliphatic heterocycles. The molecule has 1 aromatic heterocycles. The molecule has 0 radical (unpaired) electrons. The Kier molecular flexibility index (Phi) is 2.88. The summed E-state index contributed by atoms with van der Waals surface area (Å²) in [5, 5.41) is 0. The number of hydrogen-bond donors (Lipinski definition) is 1. The van der Waals surface area contributed by atoms with E-state index < -0.39 is 0 Å². The van der Waals surface area contributed by atoms with E-state index in [2.05, 4.69) is 10.7 Å². The SMILES string of the molecule is CC(C)(C)Oc1ncccc1C[NH3+]. The molecule has 0 aliphatic carbocycles. The lowest BCUT2D eigenvalue weighted by atomic mass is 10.2. The van der Waals surface area contributed by atoms with Crippen molar-refractivity contribution in [2.45, 2.75) is 32.9 Å². The second kappa shape index (κ2) is 3.75. The van der Waals surface area contributed by atoms with Crippen LogP contribution in [-0.4, -0.2) is 10.6 Å². The maximum Gasteiger partial charge on any atom is 0.222 e. The van der Waals surface area contributed by atoms with Gasteiger partial charge in [-0.1, -0.05) is 0 Å². The van der Waals surface area contributed by atoms with Gasteiger partial charge < -0.3 is 10.5 Å². The molecule has 0 spiro atoms. The highest BCUT2D eigenvalue weighted by molar-refractivity contribution is 5.24. The molecule has 3 nitrogen and oxygen atoms in total. The molecule has 0 saturated carbocycles. The van der Waals surface area contributed by atoms with E-state index in [1.54, 1.807) is 6.20 Å². The van der Waals surface area contributed by atoms with E-state index >= 15 is 0 Å². The van der Waals surface area contributed by atoms with Crippen molar-refractivity contribution in [2.75, 3.05) is 0 Å². The summed E-state index contributed by atoms with van der Waals surface area (Å²) in [4.78, 5) is 4.17. The summed E-state index contributed by atoms with van der Waals surface area (Å²) in [6, 6.07) is 3.89. The van der Waals surface area contributed by atoms with E-state index in [-0.39, 0.29) is 5.60 Å². The largest absolute Gasteiger partial charge is 0.472 e. The zero-order chi connectivity index (χ0) is 9.90. The Labute approximate surface area is 78.9 Å². The minimum atomic E-state index is -0.196. The fourth-order valence-electron chi connectivity index (χ4n) is 0.996. The van der Waals surface area contributed by atoms with Gasteiger partial charge in [0.05, 0.1) is 5.56 Å². The smallest absolute Gasteiger partial charge is 0.222 e. The van der Waals surface area contributed by atoms with Gasteiger partial charge in [-0.05, 0) is 32.9 Å². The van der Waals surface area contributed by atoms with Gasteiger partial charge in [0.2, 0.25) is 5.88 Å².